The molecule has 59 heavy (non-hydrogen) atoms. The third kappa shape index (κ3) is 8.19. The molecule has 1 N–H and O–H groups in total. The lowest BCUT2D eigenvalue weighted by atomic mass is 10.1. The van der Waals surface area contributed by atoms with Crippen LogP contribution < -0.4 is 30.1 Å². The molecule has 14 nitrogen and oxygen atoms in total. The van der Waals surface area contributed by atoms with Crippen LogP contribution in [0.4, 0.5) is 32.6 Å². The van der Waals surface area contributed by atoms with Gasteiger partial charge in [0.05, 0.1) is 31.6 Å². The van der Waals surface area contributed by atoms with Crippen molar-refractivity contribution < 1.29 is 28.5 Å². The van der Waals surface area contributed by atoms with E-state index in [0.717, 1.165) is 22.3 Å². The second-order valence-electron chi connectivity index (χ2n) is 14.4. The van der Waals surface area contributed by atoms with E-state index in [1.165, 1.54) is 0 Å². The lowest BCUT2D eigenvalue weighted by Gasteiger charge is -2.38. The Kier molecular flexibility index (Phi) is 11.3. The predicted molar refractivity (Wildman–Crippen MR) is 225 cm³/mol. The van der Waals surface area contributed by atoms with Crippen LogP contribution in [0.3, 0.4) is 0 Å². The predicted octanol–water partition coefficient (Wildman–Crippen LogP) is 7.61. The number of likely N-dealkylation sites (tertiary alicyclic amines) is 1. The fraction of sp³-hybridized carbons (Fsp3) is 0.267. The Morgan fingerprint density at radius 1 is 0.797 bits per heavy atom. The van der Waals surface area contributed by atoms with Gasteiger partial charge in [0.15, 0.2) is 0 Å². The molecule has 0 bridgehead atoms. The molecule has 2 aromatic heterocycles. The zero-order chi connectivity index (χ0) is 40.9. The van der Waals surface area contributed by atoms with Gasteiger partial charge in [0, 0.05) is 55.9 Å². The number of carbonyl (C=O) groups excluding carboxylic acids is 2. The van der Waals surface area contributed by atoms with Gasteiger partial charge in [0.25, 0.3) is 5.56 Å². The van der Waals surface area contributed by atoms with Gasteiger partial charge in [-0.2, -0.15) is 4.98 Å². The summed E-state index contributed by atoms with van der Waals surface area (Å²) in [5.41, 5.74) is 5.40. The molecule has 1 fully saturated rings. The first-order chi connectivity index (χ1) is 28.8. The number of benzene rings is 4. The number of aryl methyl sites for hydroxylation is 1. The molecule has 2 aliphatic heterocycles. The average Bonchev–Trinajstić information content (AvgIpc) is 3.77. The van der Waals surface area contributed by atoms with E-state index in [0.29, 0.717) is 71.6 Å². The summed E-state index contributed by atoms with van der Waals surface area (Å²) in [4.78, 5) is 56.7. The summed E-state index contributed by atoms with van der Waals surface area (Å²) in [6.07, 6.45) is 1.29. The van der Waals surface area contributed by atoms with Gasteiger partial charge >= 0.3 is 12.2 Å². The minimum atomic E-state index is -0.467. The smallest absolute Gasteiger partial charge is 0.414 e. The second kappa shape index (κ2) is 17.2. The fourth-order valence-electron chi connectivity index (χ4n) is 7.70. The van der Waals surface area contributed by atoms with Crippen molar-refractivity contribution in [1.82, 2.24) is 19.4 Å². The van der Waals surface area contributed by atoms with E-state index in [9.17, 15) is 9.59 Å². The van der Waals surface area contributed by atoms with Crippen LogP contribution >= 0.6 is 0 Å². The number of amides is 2. The number of ether oxygens (including phenoxy) is 4. The highest BCUT2D eigenvalue weighted by Gasteiger charge is 2.35. The lowest BCUT2D eigenvalue weighted by Crippen LogP contribution is -2.45. The Hall–Kier alpha value is -7.09. The Morgan fingerprint density at radius 3 is 2.24 bits per heavy atom. The monoisotopic (exact) mass is 795 g/mol. The van der Waals surface area contributed by atoms with Crippen LogP contribution in [0.1, 0.15) is 34.7 Å². The molecule has 8 rings (SSSR count). The summed E-state index contributed by atoms with van der Waals surface area (Å²) in [5, 5.41) is 3.93. The lowest BCUT2D eigenvalue weighted by molar-refractivity contribution is 0.103. The number of hydrogen-bond donors (Lipinski definition) is 1. The van der Waals surface area contributed by atoms with E-state index in [-0.39, 0.29) is 31.9 Å². The highest BCUT2D eigenvalue weighted by atomic mass is 16.6. The van der Waals surface area contributed by atoms with Crippen molar-refractivity contribution in [3.63, 3.8) is 0 Å². The van der Waals surface area contributed by atoms with Gasteiger partial charge in [-0.1, -0.05) is 72.8 Å². The second-order valence-corrected chi connectivity index (χ2v) is 14.4. The van der Waals surface area contributed by atoms with E-state index >= 15 is 4.79 Å². The topological polar surface area (TPSA) is 141 Å². The Bertz CT molecular complexity index is 2530. The summed E-state index contributed by atoms with van der Waals surface area (Å²) < 4.78 is 24.1. The molecule has 0 aliphatic carbocycles. The van der Waals surface area contributed by atoms with Crippen LogP contribution in [-0.4, -0.2) is 72.0 Å². The number of fused-ring (bicyclic) bond motifs is 2. The summed E-state index contributed by atoms with van der Waals surface area (Å²) in [5.74, 6) is 1.63. The maximum absolute atomic E-state index is 15.0. The molecule has 0 spiro atoms. The summed E-state index contributed by atoms with van der Waals surface area (Å²) in [6, 6.07) is 31.8. The first kappa shape index (κ1) is 38.8. The van der Waals surface area contributed by atoms with Crippen molar-refractivity contribution in [1.29, 1.82) is 0 Å². The molecule has 4 heterocycles. The number of hydrogen-bond acceptors (Lipinski definition) is 11. The van der Waals surface area contributed by atoms with Crippen LogP contribution in [0, 0.1) is 6.92 Å². The number of aromatic nitrogens is 3. The van der Waals surface area contributed by atoms with E-state index in [1.54, 1.807) is 46.9 Å². The van der Waals surface area contributed by atoms with Crippen LogP contribution in [0.25, 0.3) is 11.0 Å². The number of nitrogens with one attached hydrogen (secondary N) is 1. The number of methoxy groups -OCH3 is 2. The molecule has 1 saturated heterocycles. The van der Waals surface area contributed by atoms with Crippen LogP contribution in [0.15, 0.2) is 114 Å². The highest BCUT2D eigenvalue weighted by Crippen LogP contribution is 2.40. The SMILES string of the molecule is COc1ccc(CNc2ncc3cc(N4CCN(C(=O)OCc5ccccc5)c5c(C)cccc54)c(=O)n([C@@H]4CCN(C(=O)OCc5ccccc5)C4)c3n2)c(OC)c1. The van der Waals surface area contributed by atoms with Gasteiger partial charge in [-0.3, -0.25) is 14.3 Å². The quantitative estimate of drug-likeness (QED) is 0.139. The minimum absolute atomic E-state index is 0.138. The number of rotatable bonds is 11. The van der Waals surface area contributed by atoms with Crippen LogP contribution in [0.2, 0.25) is 0 Å². The Labute approximate surface area is 341 Å². The van der Waals surface area contributed by atoms with E-state index < -0.39 is 18.2 Å². The molecule has 2 amide bonds. The van der Waals surface area contributed by atoms with Gasteiger partial charge < -0.3 is 34.1 Å². The maximum atomic E-state index is 15.0. The van der Waals surface area contributed by atoms with Crippen molar-refractivity contribution in [2.24, 2.45) is 0 Å². The molecule has 302 valence electrons. The molecular weight excluding hydrogens is 751 g/mol. The van der Waals surface area contributed by atoms with Crippen molar-refractivity contribution in [3.8, 4) is 11.5 Å². The normalized spacial score (nSPS) is 14.8. The van der Waals surface area contributed by atoms with E-state index in [1.807, 2.05) is 103 Å². The third-order valence-electron chi connectivity index (χ3n) is 10.7. The summed E-state index contributed by atoms with van der Waals surface area (Å²) in [6.45, 7) is 3.82. The summed E-state index contributed by atoms with van der Waals surface area (Å²) >= 11 is 0. The molecule has 6 aromatic rings. The number of para-hydroxylation sites is 1. The number of pyridine rings is 1. The molecule has 14 heteroatoms. The van der Waals surface area contributed by atoms with Crippen molar-refractivity contribution >= 4 is 46.2 Å². The van der Waals surface area contributed by atoms with Crippen LogP contribution in [-0.2, 0) is 29.2 Å². The molecule has 2 aliphatic rings. The van der Waals surface area contributed by atoms with Gasteiger partial charge in [0.2, 0.25) is 5.95 Å². The van der Waals surface area contributed by atoms with Crippen molar-refractivity contribution in [2.45, 2.75) is 39.1 Å². The summed E-state index contributed by atoms with van der Waals surface area (Å²) in [7, 11) is 3.20. The molecule has 4 aromatic carbocycles. The van der Waals surface area contributed by atoms with Crippen molar-refractivity contribution in [3.05, 3.63) is 142 Å². The number of anilines is 4. The first-order valence-corrected chi connectivity index (χ1v) is 19.5. The molecule has 0 saturated carbocycles. The van der Waals surface area contributed by atoms with E-state index in [2.05, 4.69) is 10.3 Å². The van der Waals surface area contributed by atoms with Crippen molar-refractivity contribution in [2.75, 3.05) is 55.5 Å². The molecule has 1 atom stereocenters. The average molecular weight is 796 g/mol. The maximum Gasteiger partial charge on any atom is 0.414 e. The van der Waals surface area contributed by atoms with Gasteiger partial charge in [-0.25, -0.2) is 14.6 Å². The number of carbonyl (C=O) groups is 2. The van der Waals surface area contributed by atoms with Gasteiger partial charge in [-0.15, -0.1) is 0 Å². The van der Waals surface area contributed by atoms with Gasteiger partial charge in [0.1, 0.15) is 36.0 Å². The molecular formula is C45H45N7O7. The first-order valence-electron chi connectivity index (χ1n) is 19.5. The standard InChI is InChI=1S/C45H45N7O7/c1-30-11-10-16-37-40(30)51(45(55)59-29-32-14-8-5-9-15-32)22-21-50(37)38-23-34-26-47-43(46-25-33-17-18-36(56-2)24-39(33)57-3)48-41(34)52(42(38)53)35-19-20-49(27-35)44(54)58-28-31-12-6-4-7-13-31/h4-18,23-24,26,35H,19-22,25,27-29H2,1-3H3,(H,46,47,48)/t35-/m1/s1. The zero-order valence-corrected chi connectivity index (χ0v) is 33.2. The third-order valence-corrected chi connectivity index (χ3v) is 10.7. The number of nitrogens with zero attached hydrogens (tertiary/aromatic N) is 6. The largest absolute Gasteiger partial charge is 0.497 e. The fourth-order valence-corrected chi connectivity index (χ4v) is 7.70. The molecule has 0 unspecified atom stereocenters. The molecule has 0 radical (unpaired) electrons. The van der Waals surface area contributed by atoms with E-state index in [4.69, 9.17) is 23.9 Å². The van der Waals surface area contributed by atoms with Crippen LogP contribution in [0.5, 0.6) is 11.5 Å². The van der Waals surface area contributed by atoms with Gasteiger partial charge in [-0.05, 0) is 54.3 Å². The Balaban J connectivity index is 1.13. The zero-order valence-electron chi connectivity index (χ0n) is 33.2. The minimum Gasteiger partial charge on any atom is -0.497 e. The Morgan fingerprint density at radius 2 is 1.53 bits per heavy atom. The highest BCUT2D eigenvalue weighted by molar-refractivity contribution is 5.97.